The van der Waals surface area contributed by atoms with Crippen LogP contribution in [0.1, 0.15) is 34.1 Å². The molecule has 0 aliphatic carbocycles. The van der Waals surface area contributed by atoms with Gasteiger partial charge in [0.2, 0.25) is 0 Å². The normalized spacial score (nSPS) is 17.8. The molecule has 2 atom stereocenters. The number of rotatable bonds is 4. The molecule has 11 heavy (non-hydrogen) atoms. The number of nitrogens with zero attached hydrogens (tertiary/aromatic N) is 1. The minimum Gasteiger partial charge on any atom is -0.290 e. The topological polar surface area (TPSA) is 12.4 Å². The Labute approximate surface area is 70.2 Å². The van der Waals surface area contributed by atoms with Gasteiger partial charge in [-0.25, -0.2) is 0 Å². The first-order valence-corrected chi connectivity index (χ1v) is 4.36. The molecular formula is C10H19N. The first-order valence-electron chi connectivity index (χ1n) is 4.36. The van der Waals surface area contributed by atoms with Crippen molar-refractivity contribution in [1.82, 2.24) is 0 Å². The van der Waals surface area contributed by atoms with E-state index in [0.717, 1.165) is 0 Å². The highest BCUT2D eigenvalue weighted by Gasteiger charge is 2.05. The molecule has 1 heteroatoms. The van der Waals surface area contributed by atoms with Crippen molar-refractivity contribution >= 4 is 6.21 Å². The van der Waals surface area contributed by atoms with E-state index in [1.165, 1.54) is 6.42 Å². The van der Waals surface area contributed by atoms with Crippen molar-refractivity contribution in [2.24, 2.45) is 10.9 Å². The van der Waals surface area contributed by atoms with E-state index in [2.05, 4.69) is 25.8 Å². The van der Waals surface area contributed by atoms with Crippen LogP contribution in [0.5, 0.6) is 0 Å². The fourth-order valence-electron chi connectivity index (χ4n) is 0.760. The van der Waals surface area contributed by atoms with Crippen LogP contribution in [0.4, 0.5) is 0 Å². The van der Waals surface area contributed by atoms with Crippen molar-refractivity contribution in [3.63, 3.8) is 0 Å². The summed E-state index contributed by atoms with van der Waals surface area (Å²) in [5.41, 5.74) is 0. The van der Waals surface area contributed by atoms with E-state index in [1.807, 2.05) is 25.3 Å². The van der Waals surface area contributed by atoms with E-state index in [4.69, 9.17) is 0 Å². The minimum absolute atomic E-state index is 0.455. The van der Waals surface area contributed by atoms with E-state index in [-0.39, 0.29) is 0 Å². The van der Waals surface area contributed by atoms with Crippen LogP contribution in [0, 0.1) is 5.92 Å². The van der Waals surface area contributed by atoms with Gasteiger partial charge in [-0.2, -0.15) is 0 Å². The van der Waals surface area contributed by atoms with E-state index in [9.17, 15) is 0 Å². The maximum absolute atomic E-state index is 4.37. The van der Waals surface area contributed by atoms with Gasteiger partial charge in [0, 0.05) is 12.3 Å². The minimum atomic E-state index is 0.455. The van der Waals surface area contributed by atoms with E-state index in [0.29, 0.717) is 12.0 Å². The lowest BCUT2D eigenvalue weighted by molar-refractivity contribution is 0.473. The molecule has 0 aliphatic rings. The van der Waals surface area contributed by atoms with Gasteiger partial charge >= 0.3 is 0 Å². The fraction of sp³-hybridized carbons (Fsp3) is 0.700. The van der Waals surface area contributed by atoms with E-state index >= 15 is 0 Å². The molecule has 0 aliphatic heterocycles. The molecule has 64 valence electrons. The van der Waals surface area contributed by atoms with Crippen molar-refractivity contribution in [3.05, 3.63) is 12.2 Å². The number of aliphatic imine (C=N–C) groups is 1. The Kier molecular flexibility index (Phi) is 5.81. The van der Waals surface area contributed by atoms with Gasteiger partial charge in [-0.05, 0) is 25.8 Å². The van der Waals surface area contributed by atoms with E-state index < -0.39 is 0 Å². The summed E-state index contributed by atoms with van der Waals surface area (Å²) >= 11 is 0. The second-order valence-electron chi connectivity index (χ2n) is 2.95. The Bertz CT molecular complexity index is 136. The quantitative estimate of drug-likeness (QED) is 0.550. The van der Waals surface area contributed by atoms with Crippen molar-refractivity contribution in [2.45, 2.75) is 40.2 Å². The summed E-state index contributed by atoms with van der Waals surface area (Å²) in [4.78, 5) is 4.37. The third kappa shape index (κ3) is 4.77. The van der Waals surface area contributed by atoms with Gasteiger partial charge in [0.15, 0.2) is 0 Å². The maximum atomic E-state index is 4.37. The molecular weight excluding hydrogens is 134 g/mol. The highest BCUT2D eigenvalue weighted by atomic mass is 14.8. The van der Waals surface area contributed by atoms with Crippen molar-refractivity contribution in [3.8, 4) is 0 Å². The monoisotopic (exact) mass is 153 g/mol. The van der Waals surface area contributed by atoms with Crippen molar-refractivity contribution < 1.29 is 0 Å². The van der Waals surface area contributed by atoms with Gasteiger partial charge in [-0.1, -0.05) is 26.3 Å². The Balaban J connectivity index is 3.75. The molecule has 0 fully saturated rings. The first kappa shape index (κ1) is 10.4. The Morgan fingerprint density at radius 2 is 2.00 bits per heavy atom. The molecule has 0 radical (unpaired) electrons. The predicted octanol–water partition coefficient (Wildman–Crippen LogP) is 3.07. The zero-order valence-electron chi connectivity index (χ0n) is 8.04. The molecule has 0 amide bonds. The lowest BCUT2D eigenvalue weighted by Crippen LogP contribution is -2.09. The summed E-state index contributed by atoms with van der Waals surface area (Å²) in [5, 5.41) is 0. The highest BCUT2D eigenvalue weighted by Crippen LogP contribution is 2.09. The lowest BCUT2D eigenvalue weighted by atomic mass is 10.0. The summed E-state index contributed by atoms with van der Waals surface area (Å²) in [7, 11) is 0. The molecule has 0 saturated heterocycles. The van der Waals surface area contributed by atoms with Crippen molar-refractivity contribution in [1.29, 1.82) is 0 Å². The Morgan fingerprint density at radius 1 is 1.36 bits per heavy atom. The van der Waals surface area contributed by atoms with Crippen LogP contribution in [0.3, 0.4) is 0 Å². The van der Waals surface area contributed by atoms with Gasteiger partial charge in [0.1, 0.15) is 0 Å². The Hall–Kier alpha value is -0.590. The standard InChI is InChI=1S/C10H19N/c1-5-7-8-11-10(4)9(3)6-2/h5,7-10H,6H2,1-4H3/b7-5-,11-8?/t9-,10?/m1/s1. The van der Waals surface area contributed by atoms with Crippen molar-refractivity contribution in [2.75, 3.05) is 0 Å². The second kappa shape index (κ2) is 6.14. The number of hydrogen-bond donors (Lipinski definition) is 0. The summed E-state index contributed by atoms with van der Waals surface area (Å²) < 4.78 is 0. The lowest BCUT2D eigenvalue weighted by Gasteiger charge is -2.12. The summed E-state index contributed by atoms with van der Waals surface area (Å²) in [6.07, 6.45) is 7.05. The molecule has 0 saturated carbocycles. The Morgan fingerprint density at radius 3 is 2.45 bits per heavy atom. The third-order valence-corrected chi connectivity index (χ3v) is 2.07. The van der Waals surface area contributed by atoms with Gasteiger partial charge in [-0.3, -0.25) is 4.99 Å². The first-order chi connectivity index (χ1) is 5.22. The summed E-state index contributed by atoms with van der Waals surface area (Å²) in [5.74, 6) is 0.691. The zero-order chi connectivity index (χ0) is 8.69. The fourth-order valence-corrected chi connectivity index (χ4v) is 0.760. The average molecular weight is 153 g/mol. The molecule has 0 N–H and O–H groups in total. The van der Waals surface area contributed by atoms with Crippen LogP contribution in [0.25, 0.3) is 0 Å². The van der Waals surface area contributed by atoms with Crippen LogP contribution in [-0.2, 0) is 0 Å². The summed E-state index contributed by atoms with van der Waals surface area (Å²) in [6.45, 7) is 8.60. The third-order valence-electron chi connectivity index (χ3n) is 2.07. The van der Waals surface area contributed by atoms with Crippen LogP contribution >= 0.6 is 0 Å². The van der Waals surface area contributed by atoms with Crippen LogP contribution < -0.4 is 0 Å². The van der Waals surface area contributed by atoms with Crippen LogP contribution in [0.2, 0.25) is 0 Å². The largest absolute Gasteiger partial charge is 0.290 e. The van der Waals surface area contributed by atoms with Gasteiger partial charge in [0.25, 0.3) is 0 Å². The molecule has 0 aromatic heterocycles. The second-order valence-corrected chi connectivity index (χ2v) is 2.95. The van der Waals surface area contributed by atoms with Crippen LogP contribution in [-0.4, -0.2) is 12.3 Å². The smallest absolute Gasteiger partial charge is 0.0496 e. The summed E-state index contributed by atoms with van der Waals surface area (Å²) in [6, 6.07) is 0.455. The molecule has 0 spiro atoms. The molecule has 0 bridgehead atoms. The SMILES string of the molecule is C/C=C\C=NC(C)[C@H](C)CC. The predicted molar refractivity (Wildman–Crippen MR) is 52.2 cm³/mol. The molecule has 1 unspecified atom stereocenters. The van der Waals surface area contributed by atoms with Crippen LogP contribution in [0.15, 0.2) is 17.1 Å². The van der Waals surface area contributed by atoms with Gasteiger partial charge in [0.05, 0.1) is 0 Å². The maximum Gasteiger partial charge on any atom is 0.0496 e. The molecule has 0 aromatic carbocycles. The molecule has 0 rings (SSSR count). The van der Waals surface area contributed by atoms with E-state index in [1.54, 1.807) is 0 Å². The molecule has 0 aromatic rings. The van der Waals surface area contributed by atoms with Gasteiger partial charge in [-0.15, -0.1) is 0 Å². The molecule has 1 nitrogen and oxygen atoms in total. The average Bonchev–Trinajstić information content (AvgIpc) is 2.03. The highest BCUT2D eigenvalue weighted by molar-refractivity contribution is 5.70. The van der Waals surface area contributed by atoms with Gasteiger partial charge < -0.3 is 0 Å². The number of hydrogen-bond acceptors (Lipinski definition) is 1. The number of allylic oxidation sites excluding steroid dienone is 2. The zero-order valence-corrected chi connectivity index (χ0v) is 8.04. The molecule has 0 heterocycles.